The minimum Gasteiger partial charge on any atom is -0.494 e. The molecular formula is C22H21NO5S. The smallest absolute Gasteiger partial charge is 0.343 e. The highest BCUT2D eigenvalue weighted by Gasteiger charge is 2.30. The van der Waals surface area contributed by atoms with Crippen molar-refractivity contribution >= 4 is 28.2 Å². The second-order valence-electron chi connectivity index (χ2n) is 7.67. The van der Waals surface area contributed by atoms with Gasteiger partial charge >= 0.3 is 5.97 Å². The molecule has 0 aliphatic heterocycles. The van der Waals surface area contributed by atoms with Crippen molar-refractivity contribution in [2.24, 2.45) is 0 Å². The first kappa shape index (κ1) is 18.4. The second kappa shape index (κ2) is 6.71. The lowest BCUT2D eigenvalue weighted by Crippen LogP contribution is -2.20. The molecule has 0 bridgehead atoms. The number of benzene rings is 1. The minimum absolute atomic E-state index is 0.0470. The highest BCUT2D eigenvalue weighted by Crippen LogP contribution is 2.45. The van der Waals surface area contributed by atoms with Crippen LogP contribution in [-0.4, -0.2) is 36.0 Å². The largest absolute Gasteiger partial charge is 0.494 e. The summed E-state index contributed by atoms with van der Waals surface area (Å²) in [7, 11) is 2.89. The Balaban J connectivity index is 1.76. The molecule has 7 heteroatoms. The van der Waals surface area contributed by atoms with Gasteiger partial charge in [0.15, 0.2) is 5.75 Å². The Morgan fingerprint density at radius 3 is 2.69 bits per heavy atom. The van der Waals surface area contributed by atoms with Gasteiger partial charge in [-0.25, -0.2) is 4.79 Å². The van der Waals surface area contributed by atoms with Gasteiger partial charge in [-0.05, 0) is 43.0 Å². The van der Waals surface area contributed by atoms with Crippen LogP contribution in [0, 0.1) is 0 Å². The molecule has 1 unspecified atom stereocenters. The van der Waals surface area contributed by atoms with Crippen LogP contribution in [-0.2, 0) is 17.6 Å². The van der Waals surface area contributed by atoms with E-state index in [1.54, 1.807) is 30.7 Å². The van der Waals surface area contributed by atoms with Gasteiger partial charge < -0.3 is 19.1 Å². The summed E-state index contributed by atoms with van der Waals surface area (Å²) in [4.78, 5) is 27.4. The van der Waals surface area contributed by atoms with Crippen molar-refractivity contribution in [3.05, 3.63) is 50.6 Å². The molecule has 1 fully saturated rings. The number of carbonyl (C=O) groups excluding carboxylic acids is 1. The number of aliphatic hydroxyl groups excluding tert-OH is 1. The number of methoxy groups -OCH3 is 2. The first-order valence-corrected chi connectivity index (χ1v) is 10.5. The van der Waals surface area contributed by atoms with Crippen LogP contribution in [0.25, 0.3) is 21.3 Å². The zero-order chi connectivity index (χ0) is 20.3. The molecule has 1 aromatic carbocycles. The van der Waals surface area contributed by atoms with Crippen molar-refractivity contribution in [1.29, 1.82) is 0 Å². The van der Waals surface area contributed by atoms with Crippen LogP contribution in [0.2, 0.25) is 0 Å². The van der Waals surface area contributed by atoms with E-state index >= 15 is 0 Å². The molecule has 3 aromatic rings. The lowest BCUT2D eigenvalue weighted by molar-refractivity contribution is 0.0598. The lowest BCUT2D eigenvalue weighted by atomic mass is 10.0. The molecule has 2 aliphatic rings. The van der Waals surface area contributed by atoms with Crippen LogP contribution in [0.4, 0.5) is 0 Å². The predicted octanol–water partition coefficient (Wildman–Crippen LogP) is 3.32. The zero-order valence-electron chi connectivity index (χ0n) is 16.2. The van der Waals surface area contributed by atoms with E-state index in [2.05, 4.69) is 6.07 Å². The average Bonchev–Trinajstić information content (AvgIpc) is 3.40. The van der Waals surface area contributed by atoms with E-state index in [0.29, 0.717) is 24.0 Å². The normalized spacial score (nSPS) is 18.1. The fourth-order valence-corrected chi connectivity index (χ4v) is 5.49. The van der Waals surface area contributed by atoms with Gasteiger partial charge in [-0.15, -0.1) is 11.3 Å². The summed E-state index contributed by atoms with van der Waals surface area (Å²) in [5.74, 6) is 0.0194. The van der Waals surface area contributed by atoms with Crippen molar-refractivity contribution in [2.75, 3.05) is 14.2 Å². The van der Waals surface area contributed by atoms with Crippen LogP contribution >= 0.6 is 11.3 Å². The summed E-state index contributed by atoms with van der Waals surface area (Å²) in [5, 5.41) is 10.3. The van der Waals surface area contributed by atoms with Crippen molar-refractivity contribution in [2.45, 2.75) is 37.8 Å². The van der Waals surface area contributed by atoms with Crippen molar-refractivity contribution in [3.8, 4) is 16.2 Å². The standard InChI is InChI=1S/C22H21NO5S/c1-27-21-14(18-8-11-7-13(24)9-17(11)29-18)5-6-15-19(21)23(12-3-4-12)10-16(20(15)25)22(26)28-2/h5-6,8,10,12-13,24H,3-4,7,9H2,1-2H3. The number of rotatable bonds is 4. The Kier molecular flexibility index (Phi) is 4.26. The quantitative estimate of drug-likeness (QED) is 0.667. The molecule has 0 saturated heterocycles. The van der Waals surface area contributed by atoms with E-state index in [1.807, 2.05) is 10.6 Å². The monoisotopic (exact) mass is 411 g/mol. The number of aliphatic hydroxyl groups is 1. The molecule has 1 N–H and O–H groups in total. The van der Waals surface area contributed by atoms with Crippen LogP contribution in [0.3, 0.4) is 0 Å². The number of carbonyl (C=O) groups is 1. The number of fused-ring (bicyclic) bond motifs is 2. The highest BCUT2D eigenvalue weighted by molar-refractivity contribution is 7.15. The van der Waals surface area contributed by atoms with E-state index in [9.17, 15) is 14.7 Å². The maximum absolute atomic E-state index is 13.0. The second-order valence-corrected chi connectivity index (χ2v) is 8.80. The molecule has 0 spiro atoms. The Hall–Kier alpha value is -2.64. The van der Waals surface area contributed by atoms with Gasteiger partial charge in [-0.3, -0.25) is 4.79 Å². The SMILES string of the molecule is COC(=O)c1cn(C2CC2)c2c(OC)c(-c3cc4c(s3)CC(O)C4)ccc2c1=O. The Morgan fingerprint density at radius 1 is 1.24 bits per heavy atom. The third-order valence-corrected chi connectivity index (χ3v) is 6.97. The van der Waals surface area contributed by atoms with E-state index < -0.39 is 5.97 Å². The molecule has 29 heavy (non-hydrogen) atoms. The van der Waals surface area contributed by atoms with Gasteiger partial charge in [0.2, 0.25) is 5.43 Å². The van der Waals surface area contributed by atoms with Gasteiger partial charge in [-0.1, -0.05) is 0 Å². The zero-order valence-corrected chi connectivity index (χ0v) is 17.0. The molecule has 1 atom stereocenters. The molecule has 2 heterocycles. The summed E-state index contributed by atoms with van der Waals surface area (Å²) in [5.41, 5.74) is 2.53. The van der Waals surface area contributed by atoms with E-state index in [0.717, 1.165) is 28.8 Å². The molecular weight excluding hydrogens is 390 g/mol. The number of esters is 1. The minimum atomic E-state index is -0.623. The molecule has 150 valence electrons. The summed E-state index contributed by atoms with van der Waals surface area (Å²) in [6, 6.07) is 6.02. The van der Waals surface area contributed by atoms with Crippen molar-refractivity contribution in [3.63, 3.8) is 0 Å². The number of hydrogen-bond acceptors (Lipinski definition) is 6. The third-order valence-electron chi connectivity index (χ3n) is 5.74. The van der Waals surface area contributed by atoms with E-state index in [4.69, 9.17) is 9.47 Å². The number of aromatic nitrogens is 1. The molecule has 1 saturated carbocycles. The van der Waals surface area contributed by atoms with Gasteiger partial charge in [0.1, 0.15) is 5.56 Å². The Morgan fingerprint density at radius 2 is 2.03 bits per heavy atom. The predicted molar refractivity (Wildman–Crippen MR) is 111 cm³/mol. The van der Waals surface area contributed by atoms with Gasteiger partial charge in [0.05, 0.1) is 31.2 Å². The summed E-state index contributed by atoms with van der Waals surface area (Å²) in [6.45, 7) is 0. The fraction of sp³-hybridized carbons (Fsp3) is 0.364. The first-order chi connectivity index (χ1) is 14.0. The van der Waals surface area contributed by atoms with Gasteiger partial charge in [0.25, 0.3) is 0 Å². The number of nitrogens with zero attached hydrogens (tertiary/aromatic N) is 1. The molecule has 0 radical (unpaired) electrons. The lowest BCUT2D eigenvalue weighted by Gasteiger charge is -2.17. The number of pyridine rings is 1. The van der Waals surface area contributed by atoms with Gasteiger partial charge in [0, 0.05) is 34.0 Å². The van der Waals surface area contributed by atoms with Gasteiger partial charge in [-0.2, -0.15) is 0 Å². The Bertz CT molecular complexity index is 1180. The van der Waals surface area contributed by atoms with Crippen molar-refractivity contribution in [1.82, 2.24) is 4.57 Å². The topological polar surface area (TPSA) is 77.8 Å². The average molecular weight is 411 g/mol. The van der Waals surface area contributed by atoms with Crippen LogP contribution in [0.15, 0.2) is 29.2 Å². The maximum atomic E-state index is 13.0. The maximum Gasteiger partial charge on any atom is 0.343 e. The Labute approximate surface area is 171 Å². The van der Waals surface area contributed by atoms with Crippen LogP contribution in [0.5, 0.6) is 5.75 Å². The summed E-state index contributed by atoms with van der Waals surface area (Å²) in [6.07, 6.45) is 4.68. The molecule has 6 nitrogen and oxygen atoms in total. The number of hydrogen-bond donors (Lipinski definition) is 1. The highest BCUT2D eigenvalue weighted by atomic mass is 32.1. The van der Waals surface area contributed by atoms with Crippen LogP contribution < -0.4 is 10.2 Å². The van der Waals surface area contributed by atoms with Crippen molar-refractivity contribution < 1.29 is 19.4 Å². The third kappa shape index (κ3) is 2.88. The fourth-order valence-electron chi connectivity index (χ4n) is 4.20. The number of thiophene rings is 1. The van der Waals surface area contributed by atoms with Crippen LogP contribution in [0.1, 0.15) is 39.7 Å². The summed E-state index contributed by atoms with van der Waals surface area (Å²) >= 11 is 1.66. The van der Waals surface area contributed by atoms with E-state index in [-0.39, 0.29) is 23.1 Å². The molecule has 0 amide bonds. The molecule has 5 rings (SSSR count). The number of ether oxygens (including phenoxy) is 2. The summed E-state index contributed by atoms with van der Waals surface area (Å²) < 4.78 is 12.6. The first-order valence-electron chi connectivity index (χ1n) is 9.66. The molecule has 2 aliphatic carbocycles. The molecule has 2 aromatic heterocycles. The van der Waals surface area contributed by atoms with E-state index in [1.165, 1.54) is 17.6 Å².